The maximum absolute atomic E-state index is 12.9. The highest BCUT2D eigenvalue weighted by Gasteiger charge is 2.42. The number of ether oxygens (including phenoxy) is 2. The third-order valence-corrected chi connectivity index (χ3v) is 6.16. The summed E-state index contributed by atoms with van der Waals surface area (Å²) < 4.78 is 11.4. The number of methoxy groups -OCH3 is 1. The summed E-state index contributed by atoms with van der Waals surface area (Å²) in [6.45, 7) is 3.86. The van der Waals surface area contributed by atoms with Gasteiger partial charge >= 0.3 is 5.37 Å². The smallest absolute Gasteiger partial charge is 0.322 e. The quantitative estimate of drug-likeness (QED) is 0.249. The van der Waals surface area contributed by atoms with E-state index in [1.165, 1.54) is 4.90 Å². The third-order valence-electron chi connectivity index (χ3n) is 5.47. The van der Waals surface area contributed by atoms with Gasteiger partial charge in [-0.25, -0.2) is 0 Å². The van der Waals surface area contributed by atoms with E-state index < -0.39 is 17.5 Å². The molecule has 3 aromatic carbocycles. The number of halogens is 3. The highest BCUT2D eigenvalue weighted by atomic mass is 35.5. The first kappa shape index (κ1) is 24.4. The topological polar surface area (TPSA) is 51.1 Å². The minimum Gasteiger partial charge on any atom is -0.497 e. The molecule has 0 bridgehead atoms. The van der Waals surface area contributed by atoms with Crippen molar-refractivity contribution in [1.29, 1.82) is 0 Å². The van der Waals surface area contributed by atoms with Gasteiger partial charge in [-0.15, -0.1) is 0 Å². The van der Waals surface area contributed by atoms with Crippen LogP contribution in [0.4, 0.5) is 4.79 Å². The minimum atomic E-state index is -0.651. The van der Waals surface area contributed by atoms with Crippen LogP contribution < -0.4 is 9.47 Å². The standard InChI is InChI=1S/C26H23Cl3N2O3/c1-15(2)34-22-14-20(33-3)12-13-21(22)25-30-23(16-4-8-18(27)9-5-16)24(31(25)26(29)32)17-6-10-19(28)11-7-17/h4-15,23-24H,1-3H3/t23-,24+/m1/s1. The number of benzene rings is 3. The number of carbonyl (C=O) groups is 1. The molecule has 34 heavy (non-hydrogen) atoms. The molecule has 1 aliphatic rings. The predicted octanol–water partition coefficient (Wildman–Crippen LogP) is 7.69. The van der Waals surface area contributed by atoms with Crippen LogP contribution in [0.5, 0.6) is 11.5 Å². The molecule has 1 aliphatic heterocycles. The summed E-state index contributed by atoms with van der Waals surface area (Å²) in [5.41, 5.74) is 2.37. The van der Waals surface area contributed by atoms with Crippen LogP contribution in [0.3, 0.4) is 0 Å². The van der Waals surface area contributed by atoms with E-state index in [4.69, 9.17) is 49.3 Å². The Bertz CT molecular complexity index is 1210. The Labute approximate surface area is 213 Å². The number of amidine groups is 1. The SMILES string of the molecule is COc1ccc(C2=N[C@H](c3ccc(Cl)cc3)[C@H](c3ccc(Cl)cc3)N2C(=O)Cl)c(OC(C)C)c1. The fraction of sp³-hybridized carbons (Fsp3) is 0.231. The van der Waals surface area contributed by atoms with Gasteiger partial charge in [-0.05, 0) is 73.0 Å². The normalized spacial score (nSPS) is 17.6. The van der Waals surface area contributed by atoms with Gasteiger partial charge in [0.2, 0.25) is 0 Å². The summed E-state index contributed by atoms with van der Waals surface area (Å²) in [7, 11) is 1.59. The van der Waals surface area contributed by atoms with Crippen molar-refractivity contribution in [3.63, 3.8) is 0 Å². The summed E-state index contributed by atoms with van der Waals surface area (Å²) >= 11 is 18.5. The van der Waals surface area contributed by atoms with Crippen molar-refractivity contribution in [1.82, 2.24) is 4.90 Å². The third kappa shape index (κ3) is 5.02. The maximum Gasteiger partial charge on any atom is 0.322 e. The Balaban J connectivity index is 1.91. The van der Waals surface area contributed by atoms with Crippen LogP contribution in [0.15, 0.2) is 71.7 Å². The molecule has 1 heterocycles. The first-order chi connectivity index (χ1) is 16.3. The second-order valence-electron chi connectivity index (χ2n) is 8.10. The average molecular weight is 518 g/mol. The van der Waals surface area contributed by atoms with Crippen LogP contribution >= 0.6 is 34.8 Å². The largest absolute Gasteiger partial charge is 0.497 e. The van der Waals surface area contributed by atoms with Gasteiger partial charge in [0.1, 0.15) is 23.4 Å². The molecule has 3 aromatic rings. The number of hydrogen-bond acceptors (Lipinski definition) is 4. The average Bonchev–Trinajstić information content (AvgIpc) is 3.20. The van der Waals surface area contributed by atoms with Crippen LogP contribution in [-0.4, -0.2) is 29.3 Å². The van der Waals surface area contributed by atoms with Crippen molar-refractivity contribution in [2.45, 2.75) is 32.0 Å². The Morgan fingerprint density at radius 3 is 2.06 bits per heavy atom. The lowest BCUT2D eigenvalue weighted by Crippen LogP contribution is -2.34. The lowest BCUT2D eigenvalue weighted by atomic mass is 9.94. The van der Waals surface area contributed by atoms with Crippen molar-refractivity contribution in [2.24, 2.45) is 4.99 Å². The van der Waals surface area contributed by atoms with Gasteiger partial charge in [0, 0.05) is 16.1 Å². The van der Waals surface area contributed by atoms with Crippen LogP contribution in [0.2, 0.25) is 10.0 Å². The van der Waals surface area contributed by atoms with E-state index in [2.05, 4.69) is 0 Å². The number of nitrogens with zero attached hydrogens (tertiary/aromatic N) is 2. The molecule has 0 unspecified atom stereocenters. The summed E-state index contributed by atoms with van der Waals surface area (Å²) in [5, 5.41) is 0.556. The lowest BCUT2D eigenvalue weighted by Gasteiger charge is -2.28. The monoisotopic (exact) mass is 516 g/mol. The first-order valence-electron chi connectivity index (χ1n) is 10.7. The number of carbonyl (C=O) groups excluding carboxylic acids is 1. The summed E-state index contributed by atoms with van der Waals surface area (Å²) in [4.78, 5) is 19.4. The molecule has 0 radical (unpaired) electrons. The molecule has 2 atom stereocenters. The molecule has 0 aliphatic carbocycles. The Kier molecular flexibility index (Phi) is 7.36. The van der Waals surface area contributed by atoms with E-state index >= 15 is 0 Å². The van der Waals surface area contributed by atoms with Crippen molar-refractivity contribution in [2.75, 3.05) is 7.11 Å². The van der Waals surface area contributed by atoms with E-state index in [0.29, 0.717) is 32.9 Å². The van der Waals surface area contributed by atoms with Gasteiger partial charge in [-0.3, -0.25) is 14.7 Å². The molecule has 5 nitrogen and oxygen atoms in total. The number of amides is 1. The van der Waals surface area contributed by atoms with Gasteiger partial charge in [-0.1, -0.05) is 47.5 Å². The Morgan fingerprint density at radius 1 is 0.941 bits per heavy atom. The second kappa shape index (κ2) is 10.3. The molecule has 0 saturated carbocycles. The number of rotatable bonds is 6. The zero-order chi connectivity index (χ0) is 24.4. The fourth-order valence-corrected chi connectivity index (χ4v) is 4.44. The van der Waals surface area contributed by atoms with Gasteiger partial charge in [0.15, 0.2) is 0 Å². The van der Waals surface area contributed by atoms with Crippen molar-refractivity contribution in [3.05, 3.63) is 93.5 Å². The molecule has 0 aromatic heterocycles. The molecule has 4 rings (SSSR count). The molecule has 8 heteroatoms. The molecule has 0 N–H and O–H groups in total. The van der Waals surface area contributed by atoms with Crippen LogP contribution in [-0.2, 0) is 0 Å². The van der Waals surface area contributed by atoms with E-state index in [-0.39, 0.29) is 6.10 Å². The summed E-state index contributed by atoms with van der Waals surface area (Å²) in [5.74, 6) is 1.59. The Morgan fingerprint density at radius 2 is 1.53 bits per heavy atom. The molecule has 1 amide bonds. The van der Waals surface area contributed by atoms with Gasteiger partial charge < -0.3 is 9.47 Å². The van der Waals surface area contributed by atoms with Gasteiger partial charge in [0.05, 0.1) is 24.8 Å². The fourth-order valence-electron chi connectivity index (χ4n) is 4.00. The van der Waals surface area contributed by atoms with Gasteiger partial charge in [0.25, 0.3) is 0 Å². The molecular formula is C26H23Cl3N2O3. The number of aliphatic imine (C=N–C) groups is 1. The Hall–Kier alpha value is -2.73. The van der Waals surface area contributed by atoms with Crippen LogP contribution in [0.1, 0.15) is 42.6 Å². The number of hydrogen-bond donors (Lipinski definition) is 0. The lowest BCUT2D eigenvalue weighted by molar-refractivity contribution is 0.230. The molecule has 0 spiro atoms. The molecule has 0 saturated heterocycles. The summed E-state index contributed by atoms with van der Waals surface area (Å²) in [6.07, 6.45) is -0.105. The molecular weight excluding hydrogens is 495 g/mol. The highest BCUT2D eigenvalue weighted by Crippen LogP contribution is 2.45. The van der Waals surface area contributed by atoms with Crippen LogP contribution in [0.25, 0.3) is 0 Å². The van der Waals surface area contributed by atoms with E-state index in [0.717, 1.165) is 11.1 Å². The maximum atomic E-state index is 12.9. The summed E-state index contributed by atoms with van der Waals surface area (Å²) in [6, 6.07) is 19.2. The first-order valence-corrected chi connectivity index (χ1v) is 11.8. The predicted molar refractivity (Wildman–Crippen MR) is 137 cm³/mol. The van der Waals surface area contributed by atoms with Crippen molar-refractivity contribution >= 4 is 46.0 Å². The zero-order valence-corrected chi connectivity index (χ0v) is 21.1. The van der Waals surface area contributed by atoms with E-state index in [1.54, 1.807) is 43.5 Å². The highest BCUT2D eigenvalue weighted by molar-refractivity contribution is 6.64. The minimum absolute atomic E-state index is 0.105. The van der Waals surface area contributed by atoms with Gasteiger partial charge in [-0.2, -0.15) is 0 Å². The van der Waals surface area contributed by atoms with Crippen molar-refractivity contribution < 1.29 is 14.3 Å². The van der Waals surface area contributed by atoms with Crippen LogP contribution in [0, 0.1) is 0 Å². The zero-order valence-electron chi connectivity index (χ0n) is 18.8. The van der Waals surface area contributed by atoms with Crippen molar-refractivity contribution in [3.8, 4) is 11.5 Å². The van der Waals surface area contributed by atoms with E-state index in [9.17, 15) is 4.79 Å². The molecule has 0 fully saturated rings. The second-order valence-corrected chi connectivity index (χ2v) is 9.29. The molecule has 176 valence electrons. The van der Waals surface area contributed by atoms with E-state index in [1.807, 2.05) is 44.2 Å².